The quantitative estimate of drug-likeness (QED) is 0.760. The second-order valence-electron chi connectivity index (χ2n) is 4.01. The minimum Gasteiger partial charge on any atom is -0.388 e. The van der Waals surface area contributed by atoms with Crippen LogP contribution >= 0.6 is 39.1 Å². The first kappa shape index (κ1) is 15.1. The number of nitrogens with one attached hydrogen (secondary N) is 1. The topological polar surface area (TPSA) is 32.3 Å². The van der Waals surface area contributed by atoms with E-state index in [9.17, 15) is 5.11 Å². The molecule has 0 spiro atoms. The van der Waals surface area contributed by atoms with Crippen molar-refractivity contribution >= 4 is 44.8 Å². The third-order valence-corrected chi connectivity index (χ3v) is 4.73. The van der Waals surface area contributed by atoms with Gasteiger partial charge in [-0.2, -0.15) is 0 Å². The molecule has 0 atom stereocenters. The van der Waals surface area contributed by atoms with Gasteiger partial charge >= 0.3 is 0 Å². The van der Waals surface area contributed by atoms with Crippen LogP contribution in [0.5, 0.6) is 0 Å². The molecule has 0 radical (unpaired) electrons. The van der Waals surface area contributed by atoms with Crippen molar-refractivity contribution < 1.29 is 5.11 Å². The Bertz CT molecular complexity index is 394. The van der Waals surface area contributed by atoms with Gasteiger partial charge in [-0.05, 0) is 40.9 Å². The van der Waals surface area contributed by atoms with Crippen molar-refractivity contribution in [2.45, 2.75) is 32.3 Å². The number of hydrogen-bond donors (Lipinski definition) is 2. The summed E-state index contributed by atoms with van der Waals surface area (Å²) >= 11 is 15.4. The minimum absolute atomic E-state index is 0.456. The first-order chi connectivity index (χ1) is 7.93. The van der Waals surface area contributed by atoms with Crippen molar-refractivity contribution in [1.29, 1.82) is 0 Å². The molecule has 1 aromatic rings. The predicted octanol–water partition coefficient (Wildman–Crippen LogP) is 4.72. The van der Waals surface area contributed by atoms with Crippen LogP contribution in [0.2, 0.25) is 10.0 Å². The van der Waals surface area contributed by atoms with Gasteiger partial charge in [0.25, 0.3) is 0 Å². The fraction of sp³-hybridized carbons (Fsp3) is 0.500. The maximum atomic E-state index is 10.2. The SMILES string of the molecule is CCC(O)(CC)CNc1ccc(Br)c(Cl)c1Cl. The highest BCUT2D eigenvalue weighted by atomic mass is 79.9. The van der Waals surface area contributed by atoms with Gasteiger partial charge in [-0.25, -0.2) is 0 Å². The van der Waals surface area contributed by atoms with Crippen LogP contribution in [0, 0.1) is 0 Å². The summed E-state index contributed by atoms with van der Waals surface area (Å²) in [6.07, 6.45) is 1.39. The van der Waals surface area contributed by atoms with Gasteiger partial charge in [-0.3, -0.25) is 0 Å². The van der Waals surface area contributed by atoms with E-state index in [4.69, 9.17) is 23.2 Å². The van der Waals surface area contributed by atoms with E-state index in [1.54, 1.807) is 0 Å². The molecule has 2 N–H and O–H groups in total. The molecule has 0 unspecified atom stereocenters. The van der Waals surface area contributed by atoms with Crippen LogP contribution in [-0.4, -0.2) is 17.3 Å². The molecule has 0 saturated heterocycles. The van der Waals surface area contributed by atoms with Crippen molar-refractivity contribution in [2.75, 3.05) is 11.9 Å². The van der Waals surface area contributed by atoms with Gasteiger partial charge in [0, 0.05) is 11.0 Å². The molecule has 5 heteroatoms. The Kier molecular flexibility index (Phi) is 5.58. The molecule has 0 heterocycles. The molecule has 0 fully saturated rings. The molecule has 96 valence electrons. The van der Waals surface area contributed by atoms with Gasteiger partial charge in [0.05, 0.1) is 21.3 Å². The standard InChI is InChI=1S/C12H16BrCl2NO/c1-3-12(17,4-2)7-16-9-6-5-8(13)10(14)11(9)15/h5-6,16-17H,3-4,7H2,1-2H3. The largest absolute Gasteiger partial charge is 0.388 e. The van der Waals surface area contributed by atoms with E-state index < -0.39 is 5.60 Å². The van der Waals surface area contributed by atoms with E-state index in [2.05, 4.69) is 21.2 Å². The summed E-state index contributed by atoms with van der Waals surface area (Å²) in [5.74, 6) is 0. The molecule has 0 amide bonds. The van der Waals surface area contributed by atoms with Crippen molar-refractivity contribution in [1.82, 2.24) is 0 Å². The summed E-state index contributed by atoms with van der Waals surface area (Å²) in [6, 6.07) is 3.66. The second-order valence-corrected chi connectivity index (χ2v) is 5.62. The highest BCUT2D eigenvalue weighted by molar-refractivity contribution is 9.10. The second kappa shape index (κ2) is 6.28. The van der Waals surface area contributed by atoms with Gasteiger partial charge < -0.3 is 10.4 Å². The first-order valence-electron chi connectivity index (χ1n) is 5.53. The molecule has 1 rings (SSSR count). The summed E-state index contributed by atoms with van der Waals surface area (Å²) < 4.78 is 0.760. The van der Waals surface area contributed by atoms with Crippen LogP contribution in [-0.2, 0) is 0 Å². The summed E-state index contributed by atoms with van der Waals surface area (Å²) in [5, 5.41) is 14.2. The lowest BCUT2D eigenvalue weighted by Crippen LogP contribution is -2.35. The van der Waals surface area contributed by atoms with E-state index in [0.717, 1.165) is 10.2 Å². The lowest BCUT2D eigenvalue weighted by Gasteiger charge is -2.26. The van der Waals surface area contributed by atoms with Crippen molar-refractivity contribution in [3.8, 4) is 0 Å². The third kappa shape index (κ3) is 3.75. The number of halogens is 3. The maximum Gasteiger partial charge on any atom is 0.0835 e. The fourth-order valence-corrected chi connectivity index (χ4v) is 2.26. The Labute approximate surface area is 120 Å². The van der Waals surface area contributed by atoms with E-state index in [1.165, 1.54) is 0 Å². The van der Waals surface area contributed by atoms with Gasteiger partial charge in [0.15, 0.2) is 0 Å². The smallest absolute Gasteiger partial charge is 0.0835 e. The lowest BCUT2D eigenvalue weighted by atomic mass is 9.97. The summed E-state index contributed by atoms with van der Waals surface area (Å²) in [7, 11) is 0. The highest BCUT2D eigenvalue weighted by Crippen LogP contribution is 2.36. The Balaban J connectivity index is 2.80. The average Bonchev–Trinajstić information content (AvgIpc) is 2.35. The number of benzene rings is 1. The molecular weight excluding hydrogens is 325 g/mol. The Morgan fingerprint density at radius 3 is 2.35 bits per heavy atom. The number of anilines is 1. The molecule has 17 heavy (non-hydrogen) atoms. The number of hydrogen-bond acceptors (Lipinski definition) is 2. The molecule has 0 aliphatic carbocycles. The van der Waals surface area contributed by atoms with Gasteiger partial charge in [0.2, 0.25) is 0 Å². The Hall–Kier alpha value is 0.0400. The summed E-state index contributed by atoms with van der Waals surface area (Å²) in [4.78, 5) is 0. The maximum absolute atomic E-state index is 10.2. The summed E-state index contributed by atoms with van der Waals surface area (Å²) in [6.45, 7) is 4.38. The minimum atomic E-state index is -0.705. The van der Waals surface area contributed by atoms with Gasteiger partial charge in [-0.1, -0.05) is 37.0 Å². The van der Waals surface area contributed by atoms with Crippen LogP contribution in [0.3, 0.4) is 0 Å². The molecule has 0 aliphatic heterocycles. The van der Waals surface area contributed by atoms with Gasteiger partial charge in [0.1, 0.15) is 0 Å². The monoisotopic (exact) mass is 339 g/mol. The van der Waals surface area contributed by atoms with Crippen LogP contribution in [0.15, 0.2) is 16.6 Å². The Morgan fingerprint density at radius 1 is 1.24 bits per heavy atom. The van der Waals surface area contributed by atoms with Crippen molar-refractivity contribution in [3.63, 3.8) is 0 Å². The van der Waals surface area contributed by atoms with E-state index in [-0.39, 0.29) is 0 Å². The van der Waals surface area contributed by atoms with E-state index in [0.29, 0.717) is 29.4 Å². The zero-order chi connectivity index (χ0) is 13.1. The Morgan fingerprint density at radius 2 is 1.82 bits per heavy atom. The molecule has 1 aromatic carbocycles. The average molecular weight is 341 g/mol. The lowest BCUT2D eigenvalue weighted by molar-refractivity contribution is 0.0457. The highest BCUT2D eigenvalue weighted by Gasteiger charge is 2.22. The third-order valence-electron chi connectivity index (χ3n) is 2.96. The van der Waals surface area contributed by atoms with E-state index >= 15 is 0 Å². The molecule has 0 bridgehead atoms. The van der Waals surface area contributed by atoms with Crippen LogP contribution in [0.25, 0.3) is 0 Å². The van der Waals surface area contributed by atoms with Crippen molar-refractivity contribution in [2.24, 2.45) is 0 Å². The summed E-state index contributed by atoms with van der Waals surface area (Å²) in [5.41, 5.74) is 0.0308. The molecular formula is C12H16BrCl2NO. The van der Waals surface area contributed by atoms with Crippen LogP contribution < -0.4 is 5.32 Å². The fourth-order valence-electron chi connectivity index (χ4n) is 1.42. The zero-order valence-electron chi connectivity index (χ0n) is 9.86. The zero-order valence-corrected chi connectivity index (χ0v) is 13.0. The van der Waals surface area contributed by atoms with Crippen LogP contribution in [0.1, 0.15) is 26.7 Å². The molecule has 0 aliphatic rings. The van der Waals surface area contributed by atoms with Gasteiger partial charge in [-0.15, -0.1) is 0 Å². The van der Waals surface area contributed by atoms with Crippen LogP contribution in [0.4, 0.5) is 5.69 Å². The normalized spacial score (nSPS) is 11.6. The number of rotatable bonds is 5. The first-order valence-corrected chi connectivity index (χ1v) is 7.08. The molecule has 2 nitrogen and oxygen atoms in total. The van der Waals surface area contributed by atoms with E-state index in [1.807, 2.05) is 26.0 Å². The molecule has 0 aromatic heterocycles. The number of aliphatic hydroxyl groups is 1. The van der Waals surface area contributed by atoms with Crippen molar-refractivity contribution in [3.05, 3.63) is 26.7 Å². The predicted molar refractivity (Wildman–Crippen MR) is 78.2 cm³/mol. The molecule has 0 saturated carbocycles.